The predicted octanol–water partition coefficient (Wildman–Crippen LogP) is 2.55. The lowest BCUT2D eigenvalue weighted by atomic mass is 10.3. The molecule has 7 nitrogen and oxygen atoms in total. The van der Waals surface area contributed by atoms with Crippen molar-refractivity contribution in [2.75, 3.05) is 0 Å². The topological polar surface area (TPSA) is 92.2 Å². The first kappa shape index (κ1) is 14.7. The monoisotopic (exact) mass is 338 g/mol. The molecule has 0 amide bonds. The summed E-state index contributed by atoms with van der Waals surface area (Å²) in [4.78, 5) is 27.1. The molecule has 120 valence electrons. The minimum absolute atomic E-state index is 0.216. The first-order valence-electron chi connectivity index (χ1n) is 7.50. The van der Waals surface area contributed by atoms with Crippen molar-refractivity contribution in [2.45, 2.75) is 23.7 Å². The third-order valence-corrected chi connectivity index (χ3v) is 4.38. The fourth-order valence-electron chi connectivity index (χ4n) is 2.37. The summed E-state index contributed by atoms with van der Waals surface area (Å²) < 4.78 is 1.66. The van der Waals surface area contributed by atoms with Gasteiger partial charge in [0.15, 0.2) is 16.0 Å². The van der Waals surface area contributed by atoms with Gasteiger partial charge in [-0.15, -0.1) is 0 Å². The summed E-state index contributed by atoms with van der Waals surface area (Å²) in [5.41, 5.74) is 2.20. The summed E-state index contributed by atoms with van der Waals surface area (Å²) in [7, 11) is 0. The zero-order valence-electron chi connectivity index (χ0n) is 12.9. The molecule has 4 aromatic rings. The van der Waals surface area contributed by atoms with Gasteiger partial charge in [0, 0.05) is 11.9 Å². The van der Waals surface area contributed by atoms with Gasteiger partial charge in [-0.25, -0.2) is 14.6 Å². The number of nitrogens with one attached hydrogen (secondary N) is 2. The molecule has 3 aromatic heterocycles. The minimum Gasteiger partial charge on any atom is -0.336 e. The maximum Gasteiger partial charge on any atom is 0.262 e. The van der Waals surface area contributed by atoms with E-state index in [0.29, 0.717) is 21.3 Å². The van der Waals surface area contributed by atoms with Crippen molar-refractivity contribution < 1.29 is 0 Å². The quantitative estimate of drug-likeness (QED) is 0.558. The number of aryl methyl sites for hydroxylation is 1. The molecule has 0 saturated carbocycles. The molecule has 0 spiro atoms. The largest absolute Gasteiger partial charge is 0.336 e. The van der Waals surface area contributed by atoms with E-state index in [0.717, 1.165) is 17.8 Å². The van der Waals surface area contributed by atoms with Crippen LogP contribution in [0.3, 0.4) is 0 Å². The van der Waals surface area contributed by atoms with E-state index in [9.17, 15) is 4.79 Å². The zero-order valence-corrected chi connectivity index (χ0v) is 13.7. The molecule has 8 heteroatoms. The number of rotatable bonds is 4. The average molecular weight is 338 g/mol. The third-order valence-electron chi connectivity index (χ3n) is 3.60. The third kappa shape index (κ3) is 2.61. The number of H-pyrrole nitrogens is 2. The summed E-state index contributed by atoms with van der Waals surface area (Å²) >= 11 is 1.29. The van der Waals surface area contributed by atoms with Gasteiger partial charge < -0.3 is 9.97 Å². The molecule has 0 atom stereocenters. The van der Waals surface area contributed by atoms with Gasteiger partial charge >= 0.3 is 0 Å². The molecule has 0 radical (unpaired) electrons. The molecule has 1 aromatic carbocycles. The molecule has 0 aliphatic carbocycles. The van der Waals surface area contributed by atoms with Crippen LogP contribution in [0.4, 0.5) is 0 Å². The normalized spacial score (nSPS) is 11.2. The number of nitrogens with zero attached hydrogens (tertiary/aromatic N) is 4. The number of hydrogen-bond acceptors (Lipinski definition) is 5. The molecule has 24 heavy (non-hydrogen) atoms. The Balaban J connectivity index is 1.79. The van der Waals surface area contributed by atoms with Gasteiger partial charge in [-0.1, -0.05) is 25.1 Å². The molecule has 4 rings (SSSR count). The van der Waals surface area contributed by atoms with Crippen molar-refractivity contribution in [3.05, 3.63) is 58.8 Å². The van der Waals surface area contributed by atoms with Crippen molar-refractivity contribution >= 4 is 22.8 Å². The lowest BCUT2D eigenvalue weighted by Gasteiger charge is -2.03. The molecule has 3 heterocycles. The van der Waals surface area contributed by atoms with Crippen LogP contribution in [0.15, 0.2) is 57.8 Å². The van der Waals surface area contributed by atoms with Crippen molar-refractivity contribution in [1.82, 2.24) is 29.7 Å². The first-order chi connectivity index (χ1) is 11.7. The number of hydrogen-bond donors (Lipinski definition) is 2. The lowest BCUT2D eigenvalue weighted by molar-refractivity contribution is 0.870. The fraction of sp³-hybridized carbons (Fsp3) is 0.125. The summed E-state index contributed by atoms with van der Waals surface area (Å²) in [5.74, 6) is 0. The number of aromatic amines is 2. The van der Waals surface area contributed by atoms with Gasteiger partial charge in [0.25, 0.3) is 5.56 Å². The predicted molar refractivity (Wildman–Crippen MR) is 91.6 cm³/mol. The number of para-hydroxylation sites is 1. The highest BCUT2D eigenvalue weighted by Gasteiger charge is 2.13. The second-order valence-corrected chi connectivity index (χ2v) is 6.15. The zero-order chi connectivity index (χ0) is 16.5. The van der Waals surface area contributed by atoms with E-state index in [1.165, 1.54) is 18.0 Å². The van der Waals surface area contributed by atoms with Gasteiger partial charge in [-0.2, -0.15) is 5.10 Å². The van der Waals surface area contributed by atoms with Crippen LogP contribution < -0.4 is 5.56 Å². The van der Waals surface area contributed by atoms with Gasteiger partial charge in [0.1, 0.15) is 5.39 Å². The van der Waals surface area contributed by atoms with Crippen LogP contribution in [0.1, 0.15) is 12.6 Å². The van der Waals surface area contributed by atoms with Crippen LogP contribution in [0.5, 0.6) is 0 Å². The highest BCUT2D eigenvalue weighted by atomic mass is 32.2. The molecular weight excluding hydrogens is 324 g/mol. The Bertz CT molecular complexity index is 1050. The first-order valence-corrected chi connectivity index (χ1v) is 8.31. The van der Waals surface area contributed by atoms with E-state index in [1.807, 2.05) is 37.3 Å². The van der Waals surface area contributed by atoms with Crippen LogP contribution in [0.2, 0.25) is 0 Å². The Morgan fingerprint density at radius 1 is 1.12 bits per heavy atom. The minimum atomic E-state index is -0.216. The van der Waals surface area contributed by atoms with Gasteiger partial charge in [0.05, 0.1) is 11.9 Å². The highest BCUT2D eigenvalue weighted by molar-refractivity contribution is 7.99. The molecule has 0 aliphatic heterocycles. The van der Waals surface area contributed by atoms with Crippen molar-refractivity contribution in [2.24, 2.45) is 0 Å². The molecule has 0 unspecified atom stereocenters. The van der Waals surface area contributed by atoms with Crippen LogP contribution >= 0.6 is 11.8 Å². The SMILES string of the molecule is CCc1cnc(Sc2nc3c(cnn3-c3ccccc3)c(=O)[nH]2)[nH]1. The molecule has 2 N–H and O–H groups in total. The lowest BCUT2D eigenvalue weighted by Crippen LogP contribution is -2.09. The van der Waals surface area contributed by atoms with E-state index in [2.05, 4.69) is 25.0 Å². The van der Waals surface area contributed by atoms with Gasteiger partial charge in [-0.05, 0) is 30.3 Å². The van der Waals surface area contributed by atoms with Gasteiger partial charge in [-0.3, -0.25) is 4.79 Å². The van der Waals surface area contributed by atoms with Gasteiger partial charge in [0.2, 0.25) is 0 Å². The maximum atomic E-state index is 12.3. The molecular formula is C16H14N6OS. The highest BCUT2D eigenvalue weighted by Crippen LogP contribution is 2.22. The van der Waals surface area contributed by atoms with Crippen molar-refractivity contribution in [3.8, 4) is 5.69 Å². The number of fused-ring (bicyclic) bond motifs is 1. The smallest absolute Gasteiger partial charge is 0.262 e. The van der Waals surface area contributed by atoms with E-state index in [-0.39, 0.29) is 5.56 Å². The molecule has 0 bridgehead atoms. The average Bonchev–Trinajstić information content (AvgIpc) is 3.22. The summed E-state index contributed by atoms with van der Waals surface area (Å²) in [6.45, 7) is 2.05. The summed E-state index contributed by atoms with van der Waals surface area (Å²) in [5, 5.41) is 5.92. The van der Waals surface area contributed by atoms with Crippen LogP contribution in [0, 0.1) is 0 Å². The fourth-order valence-corrected chi connectivity index (χ4v) is 3.11. The molecule has 0 aliphatic rings. The Kier molecular flexibility index (Phi) is 3.66. The van der Waals surface area contributed by atoms with E-state index < -0.39 is 0 Å². The molecule has 0 fully saturated rings. The standard InChI is InChI=1S/C16H14N6OS/c1-2-10-8-17-15(19-10)24-16-20-13-12(14(23)21-16)9-18-22(13)11-6-4-3-5-7-11/h3-9H,2H2,1H3,(H,17,19)(H,20,21,23). The Morgan fingerprint density at radius 2 is 1.96 bits per heavy atom. The number of imidazole rings is 1. The summed E-state index contributed by atoms with van der Waals surface area (Å²) in [6, 6.07) is 9.60. The maximum absolute atomic E-state index is 12.3. The second-order valence-electron chi connectivity index (χ2n) is 5.17. The number of benzene rings is 1. The van der Waals surface area contributed by atoms with Crippen molar-refractivity contribution in [1.29, 1.82) is 0 Å². The molecule has 0 saturated heterocycles. The Hall–Kier alpha value is -2.87. The Morgan fingerprint density at radius 3 is 2.71 bits per heavy atom. The van der Waals surface area contributed by atoms with Crippen LogP contribution in [-0.4, -0.2) is 29.7 Å². The second kappa shape index (κ2) is 5.97. The van der Waals surface area contributed by atoms with Crippen molar-refractivity contribution in [3.63, 3.8) is 0 Å². The summed E-state index contributed by atoms with van der Waals surface area (Å²) in [6.07, 6.45) is 4.19. The van der Waals surface area contributed by atoms with Crippen LogP contribution in [-0.2, 0) is 6.42 Å². The van der Waals surface area contributed by atoms with E-state index >= 15 is 0 Å². The van der Waals surface area contributed by atoms with Crippen LogP contribution in [0.25, 0.3) is 16.7 Å². The number of aromatic nitrogens is 6. The van der Waals surface area contributed by atoms with E-state index in [1.54, 1.807) is 10.9 Å². The van der Waals surface area contributed by atoms with E-state index in [4.69, 9.17) is 0 Å². The Labute approximate surface area is 141 Å².